The van der Waals surface area contributed by atoms with Gasteiger partial charge in [-0.3, -0.25) is 0 Å². The van der Waals surface area contributed by atoms with Gasteiger partial charge in [-0.1, -0.05) is 66.7 Å². The minimum atomic E-state index is -1.55. The van der Waals surface area contributed by atoms with Crippen LogP contribution >= 0.6 is 0 Å². The molecule has 1 unspecified atom stereocenters. The third kappa shape index (κ3) is 3.38. The fraction of sp³-hybridized carbons (Fsp3) is 0.474. The molecule has 1 aromatic rings. The van der Waals surface area contributed by atoms with Crippen molar-refractivity contribution in [2.45, 2.75) is 47.2 Å². The van der Waals surface area contributed by atoms with Crippen LogP contribution in [0.15, 0.2) is 52.2 Å². The standard InChI is InChI=1S/C19H29NSi/c1-14-15(2)17(4)19(16(14)3)21(5,6)20-13-12-18-10-8-7-9-11-18/h7-11,16,20H,12-13H2,1-6H3. The van der Waals surface area contributed by atoms with Crippen molar-refractivity contribution in [2.75, 3.05) is 6.54 Å². The van der Waals surface area contributed by atoms with Crippen LogP contribution < -0.4 is 4.98 Å². The van der Waals surface area contributed by atoms with E-state index in [2.05, 4.69) is 76.1 Å². The molecule has 2 rings (SSSR count). The number of hydrogen-bond donors (Lipinski definition) is 1. The lowest BCUT2D eigenvalue weighted by Gasteiger charge is -2.30. The highest BCUT2D eigenvalue weighted by Crippen LogP contribution is 2.40. The van der Waals surface area contributed by atoms with Crippen LogP contribution in [0.4, 0.5) is 0 Å². The molecule has 0 amide bonds. The van der Waals surface area contributed by atoms with E-state index in [1.165, 1.54) is 11.1 Å². The Morgan fingerprint density at radius 3 is 2.14 bits per heavy atom. The summed E-state index contributed by atoms with van der Waals surface area (Å²) in [4.78, 5) is 3.91. The Morgan fingerprint density at radius 1 is 1.00 bits per heavy atom. The van der Waals surface area contributed by atoms with E-state index in [4.69, 9.17) is 0 Å². The second kappa shape index (κ2) is 6.33. The summed E-state index contributed by atoms with van der Waals surface area (Å²) in [7, 11) is -1.55. The molecule has 0 aliphatic heterocycles. The van der Waals surface area contributed by atoms with Gasteiger partial charge in [-0.25, -0.2) is 0 Å². The van der Waals surface area contributed by atoms with Gasteiger partial charge in [-0.2, -0.15) is 0 Å². The third-order valence-electron chi connectivity index (χ3n) is 5.14. The maximum absolute atomic E-state index is 3.91. The third-order valence-corrected chi connectivity index (χ3v) is 8.43. The molecule has 0 radical (unpaired) electrons. The molecule has 1 nitrogen and oxygen atoms in total. The molecule has 21 heavy (non-hydrogen) atoms. The second-order valence-corrected chi connectivity index (χ2v) is 11.0. The van der Waals surface area contributed by atoms with Crippen LogP contribution in [-0.2, 0) is 6.42 Å². The van der Waals surface area contributed by atoms with Gasteiger partial charge >= 0.3 is 0 Å². The fourth-order valence-corrected chi connectivity index (χ4v) is 7.00. The zero-order valence-electron chi connectivity index (χ0n) is 14.4. The highest BCUT2D eigenvalue weighted by atomic mass is 28.3. The normalized spacial score (nSPS) is 19.6. The monoisotopic (exact) mass is 299 g/mol. The molecule has 0 saturated carbocycles. The van der Waals surface area contributed by atoms with Crippen molar-refractivity contribution in [1.29, 1.82) is 0 Å². The Bertz CT molecular complexity index is 566. The number of allylic oxidation sites excluding steroid dienone is 4. The maximum atomic E-state index is 3.91. The van der Waals surface area contributed by atoms with E-state index >= 15 is 0 Å². The SMILES string of the molecule is CC1=C(C)C(C)C([Si](C)(C)NCCc2ccccc2)=C1C. The van der Waals surface area contributed by atoms with Gasteiger partial charge in [-0.15, -0.1) is 0 Å². The number of nitrogens with one attached hydrogen (secondary N) is 1. The Kier molecular flexibility index (Phi) is 4.90. The molecule has 1 aliphatic rings. The molecule has 0 bridgehead atoms. The first-order valence-electron chi connectivity index (χ1n) is 8.02. The van der Waals surface area contributed by atoms with Crippen LogP contribution in [0.1, 0.15) is 33.3 Å². The first-order valence-corrected chi connectivity index (χ1v) is 11.0. The van der Waals surface area contributed by atoms with Crippen LogP contribution in [-0.4, -0.2) is 14.8 Å². The van der Waals surface area contributed by atoms with E-state index in [0.29, 0.717) is 5.92 Å². The molecular formula is C19H29NSi. The average molecular weight is 300 g/mol. The summed E-state index contributed by atoms with van der Waals surface area (Å²) < 4.78 is 0. The quantitative estimate of drug-likeness (QED) is 0.765. The first-order chi connectivity index (χ1) is 9.84. The van der Waals surface area contributed by atoms with Crippen LogP contribution in [0, 0.1) is 5.92 Å². The zero-order valence-corrected chi connectivity index (χ0v) is 15.4. The average Bonchev–Trinajstić information content (AvgIpc) is 2.64. The molecule has 0 fully saturated rings. The van der Waals surface area contributed by atoms with Gasteiger partial charge in [0.05, 0.1) is 0 Å². The highest BCUT2D eigenvalue weighted by Gasteiger charge is 2.35. The topological polar surface area (TPSA) is 12.0 Å². The minimum Gasteiger partial charge on any atom is -0.334 e. The van der Waals surface area contributed by atoms with Crippen molar-refractivity contribution in [1.82, 2.24) is 4.98 Å². The van der Waals surface area contributed by atoms with E-state index in [1.54, 1.807) is 16.3 Å². The smallest absolute Gasteiger partial charge is 0.148 e. The van der Waals surface area contributed by atoms with Gasteiger partial charge in [0, 0.05) is 0 Å². The van der Waals surface area contributed by atoms with Crippen molar-refractivity contribution < 1.29 is 0 Å². The Morgan fingerprint density at radius 2 is 1.62 bits per heavy atom. The summed E-state index contributed by atoms with van der Waals surface area (Å²) in [5.41, 5.74) is 6.05. The summed E-state index contributed by atoms with van der Waals surface area (Å²) >= 11 is 0. The van der Waals surface area contributed by atoms with Gasteiger partial charge in [0.15, 0.2) is 0 Å². The molecule has 1 atom stereocenters. The molecule has 0 spiro atoms. The summed E-state index contributed by atoms with van der Waals surface area (Å²) in [6.45, 7) is 15.3. The van der Waals surface area contributed by atoms with Crippen molar-refractivity contribution >= 4 is 8.24 Å². The lowest BCUT2D eigenvalue weighted by atomic mass is 10.1. The van der Waals surface area contributed by atoms with Gasteiger partial charge in [0.25, 0.3) is 0 Å². The van der Waals surface area contributed by atoms with E-state index in [0.717, 1.165) is 13.0 Å². The van der Waals surface area contributed by atoms with Crippen molar-refractivity contribution in [3.8, 4) is 0 Å². The predicted octanol–water partition coefficient (Wildman–Crippen LogP) is 4.87. The van der Waals surface area contributed by atoms with E-state index < -0.39 is 8.24 Å². The lowest BCUT2D eigenvalue weighted by molar-refractivity contribution is 0.814. The van der Waals surface area contributed by atoms with Crippen molar-refractivity contribution in [3.63, 3.8) is 0 Å². The summed E-state index contributed by atoms with van der Waals surface area (Å²) in [5.74, 6) is 0.621. The molecule has 0 heterocycles. The molecular weight excluding hydrogens is 270 g/mol. The Balaban J connectivity index is 2.03. The molecule has 1 aliphatic carbocycles. The van der Waals surface area contributed by atoms with Gasteiger partial charge in [0.2, 0.25) is 0 Å². The highest BCUT2D eigenvalue weighted by molar-refractivity contribution is 6.82. The molecule has 0 saturated heterocycles. The van der Waals surface area contributed by atoms with Crippen LogP contribution in [0.5, 0.6) is 0 Å². The van der Waals surface area contributed by atoms with E-state index in [-0.39, 0.29) is 0 Å². The van der Waals surface area contributed by atoms with E-state index in [1.807, 2.05) is 0 Å². The Labute approximate surface area is 131 Å². The van der Waals surface area contributed by atoms with Crippen LogP contribution in [0.3, 0.4) is 0 Å². The summed E-state index contributed by atoms with van der Waals surface area (Å²) in [6.07, 6.45) is 1.11. The molecule has 1 N–H and O–H groups in total. The van der Waals surface area contributed by atoms with E-state index in [9.17, 15) is 0 Å². The molecule has 114 valence electrons. The number of rotatable bonds is 5. The largest absolute Gasteiger partial charge is 0.334 e. The maximum Gasteiger partial charge on any atom is 0.148 e. The summed E-state index contributed by atoms with van der Waals surface area (Å²) in [6, 6.07) is 10.8. The Hall–Kier alpha value is -1.12. The van der Waals surface area contributed by atoms with Gasteiger partial charge in [-0.05, 0) is 50.8 Å². The second-order valence-electron chi connectivity index (χ2n) is 6.86. The number of benzene rings is 1. The van der Waals surface area contributed by atoms with Gasteiger partial charge in [0.1, 0.15) is 8.24 Å². The molecule has 1 aromatic carbocycles. The molecule has 0 aromatic heterocycles. The lowest BCUT2D eigenvalue weighted by Crippen LogP contribution is -2.49. The van der Waals surface area contributed by atoms with Crippen molar-refractivity contribution in [3.05, 3.63) is 57.8 Å². The zero-order chi connectivity index (χ0) is 15.6. The van der Waals surface area contributed by atoms with Crippen molar-refractivity contribution in [2.24, 2.45) is 5.92 Å². The van der Waals surface area contributed by atoms with Crippen LogP contribution in [0.2, 0.25) is 13.1 Å². The fourth-order valence-electron chi connectivity index (χ4n) is 3.63. The van der Waals surface area contributed by atoms with Crippen LogP contribution in [0.25, 0.3) is 0 Å². The minimum absolute atomic E-state index is 0.621. The summed E-state index contributed by atoms with van der Waals surface area (Å²) in [5, 5.41) is 1.70. The predicted molar refractivity (Wildman–Crippen MR) is 95.9 cm³/mol. The first kappa shape index (κ1) is 16.3. The number of hydrogen-bond acceptors (Lipinski definition) is 1. The molecule has 2 heteroatoms. The van der Waals surface area contributed by atoms with Gasteiger partial charge < -0.3 is 4.98 Å².